The van der Waals surface area contributed by atoms with Crippen molar-refractivity contribution in [1.29, 1.82) is 0 Å². The summed E-state index contributed by atoms with van der Waals surface area (Å²) in [5.74, 6) is 1.61. The highest BCUT2D eigenvalue weighted by Crippen LogP contribution is 2.21. The van der Waals surface area contributed by atoms with Gasteiger partial charge in [-0.25, -0.2) is 0 Å². The van der Waals surface area contributed by atoms with Gasteiger partial charge in [0.1, 0.15) is 5.75 Å². The first kappa shape index (κ1) is 15.8. The van der Waals surface area contributed by atoms with Crippen molar-refractivity contribution in [2.75, 3.05) is 32.8 Å². The lowest BCUT2D eigenvalue weighted by atomic mass is 9.99. The minimum atomic E-state index is 0.188. The van der Waals surface area contributed by atoms with E-state index in [9.17, 15) is 4.79 Å². The zero-order valence-corrected chi connectivity index (χ0v) is 13.1. The zero-order valence-electron chi connectivity index (χ0n) is 13.1. The summed E-state index contributed by atoms with van der Waals surface area (Å²) in [5.41, 5.74) is 1.33. The highest BCUT2D eigenvalue weighted by Gasteiger charge is 2.15. The van der Waals surface area contributed by atoms with Gasteiger partial charge in [-0.1, -0.05) is 26.0 Å². The molecule has 1 aliphatic heterocycles. The summed E-state index contributed by atoms with van der Waals surface area (Å²) < 4.78 is 5.67. The van der Waals surface area contributed by atoms with Crippen molar-refractivity contribution >= 4 is 5.91 Å². The van der Waals surface area contributed by atoms with Gasteiger partial charge in [-0.05, 0) is 30.0 Å². The highest BCUT2D eigenvalue weighted by atomic mass is 16.5. The second-order valence-corrected chi connectivity index (χ2v) is 5.61. The van der Waals surface area contributed by atoms with Crippen LogP contribution in [0.5, 0.6) is 5.75 Å². The molecule has 1 heterocycles. The molecule has 0 saturated carbocycles. The third-order valence-corrected chi connectivity index (χ3v) is 4.12. The molecular weight excluding hydrogens is 264 g/mol. The number of rotatable bonds is 6. The fraction of sp³-hybridized carbons (Fsp3) is 0.588. The maximum Gasteiger partial charge on any atom is 0.226 e. The minimum absolute atomic E-state index is 0.188. The van der Waals surface area contributed by atoms with E-state index in [1.54, 1.807) is 0 Å². The van der Waals surface area contributed by atoms with Crippen molar-refractivity contribution in [3.05, 3.63) is 29.8 Å². The summed E-state index contributed by atoms with van der Waals surface area (Å²) in [4.78, 5) is 13.9. The Labute approximate surface area is 127 Å². The Morgan fingerprint density at radius 3 is 2.57 bits per heavy atom. The van der Waals surface area contributed by atoms with Crippen molar-refractivity contribution in [2.45, 2.75) is 32.6 Å². The molecule has 1 amide bonds. The van der Waals surface area contributed by atoms with E-state index in [0.717, 1.165) is 38.3 Å². The molecule has 0 bridgehead atoms. The standard InChI is InChI=1S/C17H26N2O2/c1-3-14(2)15-4-6-16(7-5-15)21-13-8-17(20)19-11-9-18-10-12-19/h4-7,14,18H,3,8-13H2,1-2H3. The fourth-order valence-electron chi connectivity index (χ4n) is 2.46. The number of benzene rings is 1. The van der Waals surface area contributed by atoms with Crippen molar-refractivity contribution in [3.63, 3.8) is 0 Å². The predicted molar refractivity (Wildman–Crippen MR) is 84.7 cm³/mol. The van der Waals surface area contributed by atoms with Crippen molar-refractivity contribution in [2.24, 2.45) is 0 Å². The minimum Gasteiger partial charge on any atom is -0.493 e. The molecule has 0 aliphatic carbocycles. The first-order valence-corrected chi connectivity index (χ1v) is 7.92. The molecule has 0 aromatic heterocycles. The molecule has 4 heteroatoms. The second kappa shape index (κ2) is 8.03. The number of piperazine rings is 1. The molecule has 1 atom stereocenters. The predicted octanol–water partition coefficient (Wildman–Crippen LogP) is 2.40. The molecule has 1 saturated heterocycles. The van der Waals surface area contributed by atoms with E-state index in [2.05, 4.69) is 31.3 Å². The average molecular weight is 290 g/mol. The third-order valence-electron chi connectivity index (χ3n) is 4.12. The van der Waals surface area contributed by atoms with Crippen LogP contribution in [-0.2, 0) is 4.79 Å². The highest BCUT2D eigenvalue weighted by molar-refractivity contribution is 5.76. The van der Waals surface area contributed by atoms with Gasteiger partial charge in [-0.2, -0.15) is 0 Å². The van der Waals surface area contributed by atoms with Crippen LogP contribution < -0.4 is 10.1 Å². The van der Waals surface area contributed by atoms with Crippen LogP contribution in [0.2, 0.25) is 0 Å². The van der Waals surface area contributed by atoms with Crippen molar-refractivity contribution in [3.8, 4) is 5.75 Å². The Morgan fingerprint density at radius 2 is 1.95 bits per heavy atom. The molecule has 116 valence electrons. The topological polar surface area (TPSA) is 41.6 Å². The molecule has 1 fully saturated rings. The summed E-state index contributed by atoms with van der Waals surface area (Å²) in [6.45, 7) is 8.27. The lowest BCUT2D eigenvalue weighted by Gasteiger charge is -2.27. The fourth-order valence-corrected chi connectivity index (χ4v) is 2.46. The maximum atomic E-state index is 12.0. The summed E-state index contributed by atoms with van der Waals surface area (Å²) in [6.07, 6.45) is 1.59. The van der Waals surface area contributed by atoms with Crippen molar-refractivity contribution < 1.29 is 9.53 Å². The largest absolute Gasteiger partial charge is 0.493 e. The van der Waals surface area contributed by atoms with Gasteiger partial charge in [0, 0.05) is 26.2 Å². The zero-order chi connectivity index (χ0) is 15.1. The Morgan fingerprint density at radius 1 is 1.29 bits per heavy atom. The molecule has 21 heavy (non-hydrogen) atoms. The van der Waals surface area contributed by atoms with Gasteiger partial charge in [-0.15, -0.1) is 0 Å². The van der Waals surface area contributed by atoms with Gasteiger partial charge < -0.3 is 15.0 Å². The summed E-state index contributed by atoms with van der Waals surface area (Å²) >= 11 is 0. The van der Waals surface area contributed by atoms with Crippen LogP contribution >= 0.6 is 0 Å². The molecule has 2 rings (SSSR count). The van der Waals surface area contributed by atoms with E-state index < -0.39 is 0 Å². The Bertz CT molecular complexity index is 439. The Hall–Kier alpha value is -1.55. The molecule has 4 nitrogen and oxygen atoms in total. The smallest absolute Gasteiger partial charge is 0.226 e. The van der Waals surface area contributed by atoms with Crippen LogP contribution in [-0.4, -0.2) is 43.6 Å². The van der Waals surface area contributed by atoms with Crippen molar-refractivity contribution in [1.82, 2.24) is 10.2 Å². The molecule has 1 aliphatic rings. The maximum absolute atomic E-state index is 12.0. The number of carbonyl (C=O) groups is 1. The molecule has 1 aromatic carbocycles. The van der Waals surface area contributed by atoms with E-state index in [-0.39, 0.29) is 5.91 Å². The van der Waals surface area contributed by atoms with E-state index in [1.807, 2.05) is 17.0 Å². The lowest BCUT2D eigenvalue weighted by molar-refractivity contribution is -0.132. The molecule has 0 spiro atoms. The number of nitrogens with zero attached hydrogens (tertiary/aromatic N) is 1. The first-order chi connectivity index (χ1) is 10.2. The SMILES string of the molecule is CCC(C)c1ccc(OCCC(=O)N2CCNCC2)cc1. The number of ether oxygens (including phenoxy) is 1. The van der Waals surface area contributed by atoms with Crippen LogP contribution in [0.4, 0.5) is 0 Å². The molecule has 1 aromatic rings. The number of carbonyl (C=O) groups excluding carboxylic acids is 1. The van der Waals surface area contributed by atoms with Crippen LogP contribution in [0, 0.1) is 0 Å². The van der Waals surface area contributed by atoms with Gasteiger partial charge in [0.05, 0.1) is 13.0 Å². The number of amides is 1. The average Bonchev–Trinajstić information content (AvgIpc) is 2.55. The normalized spacial score (nSPS) is 16.6. The summed E-state index contributed by atoms with van der Waals surface area (Å²) in [6, 6.07) is 8.22. The quantitative estimate of drug-likeness (QED) is 0.874. The monoisotopic (exact) mass is 290 g/mol. The van der Waals surface area contributed by atoms with Crippen LogP contribution in [0.15, 0.2) is 24.3 Å². The number of nitrogens with one attached hydrogen (secondary N) is 1. The number of hydrogen-bond acceptors (Lipinski definition) is 3. The Kier molecular flexibility index (Phi) is 6.05. The van der Waals surface area contributed by atoms with Crippen LogP contribution in [0.1, 0.15) is 38.2 Å². The van der Waals surface area contributed by atoms with Gasteiger partial charge in [-0.3, -0.25) is 4.79 Å². The van der Waals surface area contributed by atoms with Gasteiger partial charge >= 0.3 is 0 Å². The lowest BCUT2D eigenvalue weighted by Crippen LogP contribution is -2.46. The molecule has 1 N–H and O–H groups in total. The van der Waals surface area contributed by atoms with Crippen LogP contribution in [0.25, 0.3) is 0 Å². The Balaban J connectivity index is 1.74. The van der Waals surface area contributed by atoms with E-state index in [0.29, 0.717) is 18.9 Å². The second-order valence-electron chi connectivity index (χ2n) is 5.61. The summed E-state index contributed by atoms with van der Waals surface area (Å²) in [7, 11) is 0. The molecule has 1 unspecified atom stereocenters. The van der Waals surface area contributed by atoms with Gasteiger partial charge in [0.25, 0.3) is 0 Å². The van der Waals surface area contributed by atoms with E-state index in [1.165, 1.54) is 5.56 Å². The first-order valence-electron chi connectivity index (χ1n) is 7.92. The molecule has 0 radical (unpaired) electrons. The molecular formula is C17H26N2O2. The van der Waals surface area contributed by atoms with Gasteiger partial charge in [0.15, 0.2) is 0 Å². The van der Waals surface area contributed by atoms with E-state index >= 15 is 0 Å². The van der Waals surface area contributed by atoms with Gasteiger partial charge in [0.2, 0.25) is 5.91 Å². The number of hydrogen-bond donors (Lipinski definition) is 1. The third kappa shape index (κ3) is 4.74. The summed E-state index contributed by atoms with van der Waals surface area (Å²) in [5, 5.41) is 3.25. The van der Waals surface area contributed by atoms with E-state index in [4.69, 9.17) is 4.74 Å². The van der Waals surface area contributed by atoms with Crippen LogP contribution in [0.3, 0.4) is 0 Å².